The third-order valence-corrected chi connectivity index (χ3v) is 5.22. The molecule has 0 aliphatic heterocycles. The summed E-state index contributed by atoms with van der Waals surface area (Å²) in [6.45, 7) is 0. The van der Waals surface area contributed by atoms with Gasteiger partial charge in [-0.15, -0.1) is 0 Å². The molecule has 20 heavy (non-hydrogen) atoms. The van der Waals surface area contributed by atoms with E-state index in [4.69, 9.17) is 5.73 Å². The predicted octanol–water partition coefficient (Wildman–Crippen LogP) is 3.73. The summed E-state index contributed by atoms with van der Waals surface area (Å²) < 4.78 is 41.1. The van der Waals surface area contributed by atoms with Crippen molar-refractivity contribution < 1.29 is 12.8 Å². The van der Waals surface area contributed by atoms with Gasteiger partial charge < -0.3 is 5.73 Å². The zero-order valence-corrected chi connectivity index (χ0v) is 13.9. The Kier molecular flexibility index (Phi) is 4.36. The molecule has 2 rings (SSSR count). The first-order valence-corrected chi connectivity index (χ1v) is 8.39. The Morgan fingerprint density at radius 3 is 2.45 bits per heavy atom. The first-order chi connectivity index (χ1) is 9.28. The summed E-state index contributed by atoms with van der Waals surface area (Å²) in [5.74, 6) is -0.615. The maximum atomic E-state index is 13.2. The van der Waals surface area contributed by atoms with Crippen LogP contribution in [0.2, 0.25) is 0 Å². The molecule has 0 radical (unpaired) electrons. The van der Waals surface area contributed by atoms with E-state index in [1.165, 1.54) is 12.1 Å². The van der Waals surface area contributed by atoms with Crippen LogP contribution in [-0.4, -0.2) is 8.42 Å². The normalized spacial score (nSPS) is 11.3. The van der Waals surface area contributed by atoms with E-state index in [1.54, 1.807) is 12.1 Å². The highest BCUT2D eigenvalue weighted by atomic mass is 79.9. The van der Waals surface area contributed by atoms with Gasteiger partial charge in [0, 0.05) is 14.6 Å². The average Bonchev–Trinajstić information content (AvgIpc) is 2.30. The number of sulfonamides is 1. The second-order valence-corrected chi connectivity index (χ2v) is 7.37. The van der Waals surface area contributed by atoms with Crippen molar-refractivity contribution in [3.05, 3.63) is 51.2 Å². The van der Waals surface area contributed by atoms with Crippen LogP contribution in [0.5, 0.6) is 0 Å². The summed E-state index contributed by atoms with van der Waals surface area (Å²) in [6.07, 6.45) is 0. The highest BCUT2D eigenvalue weighted by Gasteiger charge is 2.18. The maximum absolute atomic E-state index is 13.2. The topological polar surface area (TPSA) is 72.2 Å². The summed E-state index contributed by atoms with van der Waals surface area (Å²) in [4.78, 5) is 0.0368. The summed E-state index contributed by atoms with van der Waals surface area (Å²) in [5.41, 5.74) is 5.68. The molecular formula is C12H9Br2FN2O2S. The van der Waals surface area contributed by atoms with E-state index < -0.39 is 15.8 Å². The Hall–Kier alpha value is -1.12. The van der Waals surface area contributed by atoms with Crippen LogP contribution >= 0.6 is 31.9 Å². The quantitative estimate of drug-likeness (QED) is 0.738. The van der Waals surface area contributed by atoms with Gasteiger partial charge in [0.05, 0.1) is 5.69 Å². The van der Waals surface area contributed by atoms with E-state index in [-0.39, 0.29) is 16.3 Å². The lowest BCUT2D eigenvalue weighted by molar-refractivity contribution is 0.600. The number of anilines is 2. The third-order valence-electron chi connectivity index (χ3n) is 2.36. The molecule has 0 heterocycles. The Balaban J connectivity index is 2.43. The number of halogens is 3. The van der Waals surface area contributed by atoms with Crippen molar-refractivity contribution in [1.29, 1.82) is 0 Å². The molecule has 3 N–H and O–H groups in total. The van der Waals surface area contributed by atoms with Gasteiger partial charge in [0.2, 0.25) is 0 Å². The van der Waals surface area contributed by atoms with Crippen LogP contribution < -0.4 is 10.5 Å². The Morgan fingerprint density at radius 1 is 1.10 bits per heavy atom. The fraction of sp³-hybridized carbons (Fsp3) is 0. The van der Waals surface area contributed by atoms with Crippen molar-refractivity contribution in [2.24, 2.45) is 0 Å². The van der Waals surface area contributed by atoms with Crippen molar-refractivity contribution in [3.63, 3.8) is 0 Å². The number of nitrogens with two attached hydrogens (primary N) is 1. The smallest absolute Gasteiger partial charge is 0.263 e. The van der Waals surface area contributed by atoms with Gasteiger partial charge in [-0.1, -0.05) is 15.9 Å². The zero-order chi connectivity index (χ0) is 14.9. The highest BCUT2D eigenvalue weighted by Crippen LogP contribution is 2.28. The minimum Gasteiger partial charge on any atom is -0.399 e. The summed E-state index contributed by atoms with van der Waals surface area (Å²) >= 11 is 6.37. The molecule has 0 fully saturated rings. The molecule has 2 aromatic rings. The van der Waals surface area contributed by atoms with E-state index in [0.717, 1.165) is 12.1 Å². The van der Waals surface area contributed by atoms with Crippen molar-refractivity contribution in [3.8, 4) is 0 Å². The summed E-state index contributed by atoms with van der Waals surface area (Å²) in [5, 5.41) is 0. The van der Waals surface area contributed by atoms with Crippen molar-refractivity contribution in [2.75, 3.05) is 10.5 Å². The first-order valence-electron chi connectivity index (χ1n) is 5.32. The molecule has 2 aromatic carbocycles. The van der Waals surface area contributed by atoms with E-state index in [1.807, 2.05) is 0 Å². The number of hydrogen-bond acceptors (Lipinski definition) is 3. The van der Waals surface area contributed by atoms with Gasteiger partial charge in [0.25, 0.3) is 10.0 Å². The fourth-order valence-corrected chi connectivity index (χ4v) is 4.11. The maximum Gasteiger partial charge on any atom is 0.263 e. The van der Waals surface area contributed by atoms with Crippen LogP contribution in [-0.2, 0) is 10.0 Å². The first kappa shape index (κ1) is 15.3. The molecule has 0 amide bonds. The minimum atomic E-state index is -3.85. The van der Waals surface area contributed by atoms with E-state index >= 15 is 0 Å². The Labute approximate surface area is 132 Å². The molecule has 0 aliphatic carbocycles. The van der Waals surface area contributed by atoms with Gasteiger partial charge >= 0.3 is 0 Å². The molecule has 0 atom stereocenters. The van der Waals surface area contributed by atoms with Gasteiger partial charge in [0.15, 0.2) is 0 Å². The standard InChI is InChI=1S/C12H9Br2FN2O2S/c13-7-1-2-11(14)12(3-7)20(18,19)17-10-5-8(15)4-9(16)6-10/h1-6,17H,16H2. The van der Waals surface area contributed by atoms with Crippen LogP contribution in [0.3, 0.4) is 0 Å². The van der Waals surface area contributed by atoms with Crippen molar-refractivity contribution in [2.45, 2.75) is 4.90 Å². The summed E-state index contributed by atoms with van der Waals surface area (Å²) in [6, 6.07) is 8.23. The highest BCUT2D eigenvalue weighted by molar-refractivity contribution is 9.11. The summed E-state index contributed by atoms with van der Waals surface area (Å²) in [7, 11) is -3.85. The lowest BCUT2D eigenvalue weighted by Gasteiger charge is -2.10. The van der Waals surface area contributed by atoms with E-state index in [2.05, 4.69) is 36.6 Å². The van der Waals surface area contributed by atoms with Gasteiger partial charge in [-0.2, -0.15) is 0 Å². The van der Waals surface area contributed by atoms with Gasteiger partial charge in [-0.05, 0) is 52.3 Å². The van der Waals surface area contributed by atoms with Crippen LogP contribution in [0.1, 0.15) is 0 Å². The second-order valence-electron chi connectivity index (χ2n) is 3.95. The molecule has 8 heteroatoms. The van der Waals surface area contributed by atoms with E-state index in [0.29, 0.717) is 8.95 Å². The van der Waals surface area contributed by atoms with Crippen molar-refractivity contribution >= 4 is 53.3 Å². The number of nitrogens with one attached hydrogen (secondary N) is 1. The van der Waals surface area contributed by atoms with Crippen LogP contribution in [0.25, 0.3) is 0 Å². The molecule has 0 saturated heterocycles. The average molecular weight is 424 g/mol. The molecule has 0 aliphatic rings. The van der Waals surface area contributed by atoms with E-state index in [9.17, 15) is 12.8 Å². The third kappa shape index (κ3) is 3.50. The lowest BCUT2D eigenvalue weighted by Crippen LogP contribution is -2.14. The molecule has 106 valence electrons. The molecule has 0 spiro atoms. The Morgan fingerprint density at radius 2 is 1.80 bits per heavy atom. The number of benzene rings is 2. The fourth-order valence-electron chi connectivity index (χ4n) is 1.56. The largest absolute Gasteiger partial charge is 0.399 e. The molecule has 0 aromatic heterocycles. The zero-order valence-electron chi connectivity index (χ0n) is 9.90. The van der Waals surface area contributed by atoms with Gasteiger partial charge in [0.1, 0.15) is 10.7 Å². The van der Waals surface area contributed by atoms with Crippen LogP contribution in [0, 0.1) is 5.82 Å². The lowest BCUT2D eigenvalue weighted by atomic mass is 10.3. The van der Waals surface area contributed by atoms with Crippen molar-refractivity contribution in [1.82, 2.24) is 0 Å². The molecule has 4 nitrogen and oxygen atoms in total. The van der Waals surface area contributed by atoms with Gasteiger partial charge in [-0.3, -0.25) is 4.72 Å². The second kappa shape index (κ2) is 5.71. The van der Waals surface area contributed by atoms with Crippen LogP contribution in [0.15, 0.2) is 50.2 Å². The van der Waals surface area contributed by atoms with Crippen LogP contribution in [0.4, 0.5) is 15.8 Å². The number of nitrogen functional groups attached to an aromatic ring is 1. The molecule has 0 saturated carbocycles. The SMILES string of the molecule is Nc1cc(F)cc(NS(=O)(=O)c2cc(Br)ccc2Br)c1. The molecule has 0 unspecified atom stereocenters. The molecule has 0 bridgehead atoms. The Bertz CT molecular complexity index is 746. The minimum absolute atomic E-state index is 0.0368. The number of rotatable bonds is 3. The monoisotopic (exact) mass is 422 g/mol. The molecular weight excluding hydrogens is 415 g/mol. The number of hydrogen-bond donors (Lipinski definition) is 2. The predicted molar refractivity (Wildman–Crippen MR) is 83.5 cm³/mol. The van der Waals surface area contributed by atoms with Gasteiger partial charge in [-0.25, -0.2) is 12.8 Å².